The predicted octanol–water partition coefficient (Wildman–Crippen LogP) is 7.43. The molecule has 2 aliphatic rings. The van der Waals surface area contributed by atoms with Gasteiger partial charge in [-0.15, -0.1) is 0 Å². The minimum absolute atomic E-state index is 0.0136. The Hall–Kier alpha value is -3.22. The second-order valence-electron chi connectivity index (χ2n) is 9.32. The molecule has 0 unspecified atom stereocenters. The van der Waals surface area contributed by atoms with E-state index in [1.165, 1.54) is 0 Å². The van der Waals surface area contributed by atoms with E-state index in [0.29, 0.717) is 45.6 Å². The van der Waals surface area contributed by atoms with E-state index in [2.05, 4.69) is 24.5 Å². The van der Waals surface area contributed by atoms with Crippen LogP contribution in [0.5, 0.6) is 0 Å². The Kier molecular flexibility index (Phi) is 5.66. The number of furan rings is 1. The summed E-state index contributed by atoms with van der Waals surface area (Å²) in [5.74, 6) is 0.489. The predicted molar refractivity (Wildman–Crippen MR) is 135 cm³/mol. The normalized spacial score (nSPS) is 19.1. The number of rotatable bonds is 2. The zero-order valence-electron chi connectivity index (χ0n) is 18.7. The van der Waals surface area contributed by atoms with Gasteiger partial charge in [0.1, 0.15) is 11.8 Å². The van der Waals surface area contributed by atoms with Gasteiger partial charge in [-0.25, -0.2) is 4.79 Å². The topological polar surface area (TPSA) is 74.6 Å². The van der Waals surface area contributed by atoms with Crippen LogP contribution in [-0.2, 0) is 4.79 Å². The van der Waals surface area contributed by atoms with Crippen LogP contribution in [0.1, 0.15) is 38.5 Å². The number of carbonyl (C=O) groups is 2. The highest BCUT2D eigenvalue weighted by molar-refractivity contribution is 6.42. The number of hydrogen-bond acceptors (Lipinski definition) is 4. The van der Waals surface area contributed by atoms with Crippen LogP contribution >= 0.6 is 23.2 Å². The number of amides is 2. The molecule has 2 heterocycles. The van der Waals surface area contributed by atoms with Crippen molar-refractivity contribution in [2.45, 2.75) is 32.7 Å². The summed E-state index contributed by atoms with van der Waals surface area (Å²) in [6.45, 7) is 4.15. The van der Waals surface area contributed by atoms with Gasteiger partial charge in [-0.3, -0.25) is 9.69 Å². The summed E-state index contributed by atoms with van der Waals surface area (Å²) < 4.78 is 5.78. The lowest BCUT2D eigenvalue weighted by atomic mass is 9.74. The highest BCUT2D eigenvalue weighted by Crippen LogP contribution is 2.48. The lowest BCUT2D eigenvalue weighted by molar-refractivity contribution is -0.118. The molecule has 2 aromatic carbocycles. The van der Waals surface area contributed by atoms with Crippen LogP contribution in [0, 0.1) is 5.41 Å². The number of ketones is 1. The average Bonchev–Trinajstić information content (AvgIpc) is 3.25. The van der Waals surface area contributed by atoms with Gasteiger partial charge in [0.15, 0.2) is 5.78 Å². The quantitative estimate of drug-likeness (QED) is 0.387. The molecule has 1 aliphatic heterocycles. The van der Waals surface area contributed by atoms with Crippen molar-refractivity contribution in [3.63, 3.8) is 0 Å². The molecule has 0 spiro atoms. The first-order chi connectivity index (χ1) is 16.2. The Morgan fingerprint density at radius 1 is 1.09 bits per heavy atom. The zero-order chi connectivity index (χ0) is 24.0. The number of anilines is 3. The summed E-state index contributed by atoms with van der Waals surface area (Å²) in [4.78, 5) is 28.9. The smallest absolute Gasteiger partial charge is 0.327 e. The minimum Gasteiger partial charge on any atom is -0.467 e. The molecule has 0 bridgehead atoms. The molecule has 2 N–H and O–H groups in total. The molecule has 1 aliphatic carbocycles. The molecule has 174 valence electrons. The maximum atomic E-state index is 13.8. The Bertz CT molecular complexity index is 1310. The van der Waals surface area contributed by atoms with Crippen molar-refractivity contribution in [1.29, 1.82) is 0 Å². The van der Waals surface area contributed by atoms with E-state index in [-0.39, 0.29) is 11.2 Å². The first-order valence-electron chi connectivity index (χ1n) is 10.9. The number of nitrogens with zero attached hydrogens (tertiary/aromatic N) is 1. The van der Waals surface area contributed by atoms with Crippen molar-refractivity contribution in [1.82, 2.24) is 0 Å². The average molecular weight is 496 g/mol. The largest absolute Gasteiger partial charge is 0.467 e. The molecule has 0 radical (unpaired) electrons. The van der Waals surface area contributed by atoms with E-state index in [9.17, 15) is 9.59 Å². The molecule has 1 atom stereocenters. The first kappa shape index (κ1) is 22.6. The SMILES string of the molecule is CC1(C)CC(=O)C2=C(C1)Nc1ccccc1N(C(=O)Nc1ccc(Cl)c(Cl)c1)[C@@H]2c1ccco1. The fraction of sp³-hybridized carbons (Fsp3) is 0.231. The standard InChI is InChI=1S/C26H23Cl2N3O3/c1-26(2)13-19-23(21(32)14-26)24(22-8-5-11-34-22)31(20-7-4-3-6-18(20)30-19)25(33)29-15-9-10-16(27)17(28)12-15/h3-12,24,30H,13-14H2,1-2H3,(H,29,33)/t24-/m1/s1. The van der Waals surface area contributed by atoms with E-state index < -0.39 is 12.1 Å². The number of carbonyl (C=O) groups excluding carboxylic acids is 2. The third-order valence-corrected chi connectivity index (χ3v) is 6.84. The summed E-state index contributed by atoms with van der Waals surface area (Å²) in [5.41, 5.74) is 2.98. The van der Waals surface area contributed by atoms with Crippen LogP contribution < -0.4 is 15.5 Å². The van der Waals surface area contributed by atoms with Crippen LogP contribution in [0.3, 0.4) is 0 Å². The second kappa shape index (κ2) is 8.53. The van der Waals surface area contributed by atoms with Crippen LogP contribution in [0.25, 0.3) is 0 Å². The van der Waals surface area contributed by atoms with E-state index in [0.717, 1.165) is 11.4 Å². The van der Waals surface area contributed by atoms with Crippen LogP contribution in [-0.4, -0.2) is 11.8 Å². The van der Waals surface area contributed by atoms with E-state index in [1.54, 1.807) is 41.5 Å². The number of nitrogens with one attached hydrogen (secondary N) is 2. The number of urea groups is 1. The number of hydrogen-bond donors (Lipinski definition) is 2. The summed E-state index contributed by atoms with van der Waals surface area (Å²) >= 11 is 12.2. The summed E-state index contributed by atoms with van der Waals surface area (Å²) in [5, 5.41) is 7.09. The molecule has 5 rings (SSSR count). The van der Waals surface area contributed by atoms with E-state index in [4.69, 9.17) is 27.6 Å². The van der Waals surface area contributed by atoms with Crippen molar-refractivity contribution in [2.24, 2.45) is 5.41 Å². The monoisotopic (exact) mass is 495 g/mol. The summed E-state index contributed by atoms with van der Waals surface area (Å²) in [6.07, 6.45) is 2.59. The van der Waals surface area contributed by atoms with Gasteiger partial charge in [0.25, 0.3) is 0 Å². The molecule has 6 nitrogen and oxygen atoms in total. The first-order valence-corrected chi connectivity index (χ1v) is 11.7. The van der Waals surface area contributed by atoms with Gasteiger partial charge in [0.05, 0.1) is 27.7 Å². The molecular weight excluding hydrogens is 473 g/mol. The third kappa shape index (κ3) is 4.08. The molecule has 34 heavy (non-hydrogen) atoms. The van der Waals surface area contributed by atoms with Crippen molar-refractivity contribution < 1.29 is 14.0 Å². The minimum atomic E-state index is -0.743. The fourth-order valence-electron chi connectivity index (χ4n) is 4.68. The van der Waals surface area contributed by atoms with Gasteiger partial charge in [0, 0.05) is 23.4 Å². The third-order valence-electron chi connectivity index (χ3n) is 6.10. The maximum absolute atomic E-state index is 13.8. The number of benzene rings is 2. The molecule has 0 saturated heterocycles. The highest BCUT2D eigenvalue weighted by atomic mass is 35.5. The van der Waals surface area contributed by atoms with Crippen molar-refractivity contribution in [2.75, 3.05) is 15.5 Å². The Morgan fingerprint density at radius 3 is 2.62 bits per heavy atom. The van der Waals surface area contributed by atoms with Crippen molar-refractivity contribution in [3.05, 3.63) is 87.9 Å². The van der Waals surface area contributed by atoms with Gasteiger partial charge in [-0.1, -0.05) is 49.2 Å². The highest BCUT2D eigenvalue weighted by Gasteiger charge is 2.44. The van der Waals surface area contributed by atoms with Gasteiger partial charge in [-0.2, -0.15) is 0 Å². The number of halogens is 2. The number of Topliss-reactive ketones (excluding diaryl/α,β-unsaturated/α-hetero) is 1. The molecule has 0 fully saturated rings. The Labute approximate surface area is 207 Å². The Morgan fingerprint density at radius 2 is 1.88 bits per heavy atom. The molecule has 0 saturated carbocycles. The van der Waals surface area contributed by atoms with Crippen molar-refractivity contribution >= 4 is 52.1 Å². The lowest BCUT2D eigenvalue weighted by Gasteiger charge is -2.36. The summed E-state index contributed by atoms with van der Waals surface area (Å²) in [7, 11) is 0. The number of allylic oxidation sites excluding steroid dienone is 1. The van der Waals surface area contributed by atoms with Gasteiger partial charge in [-0.05, 0) is 54.3 Å². The van der Waals surface area contributed by atoms with E-state index >= 15 is 0 Å². The maximum Gasteiger partial charge on any atom is 0.327 e. The number of fused-ring (bicyclic) bond motifs is 1. The van der Waals surface area contributed by atoms with Gasteiger partial charge >= 0.3 is 6.03 Å². The van der Waals surface area contributed by atoms with E-state index in [1.807, 2.05) is 24.3 Å². The molecular formula is C26H23Cl2N3O3. The lowest BCUT2D eigenvalue weighted by Crippen LogP contribution is -2.41. The van der Waals surface area contributed by atoms with Crippen molar-refractivity contribution in [3.8, 4) is 0 Å². The van der Waals surface area contributed by atoms with Crippen LogP contribution in [0.15, 0.2) is 76.5 Å². The second-order valence-corrected chi connectivity index (χ2v) is 10.1. The molecule has 8 heteroatoms. The number of para-hydroxylation sites is 2. The summed E-state index contributed by atoms with van der Waals surface area (Å²) in [6, 6.07) is 14.7. The Balaban J connectivity index is 1.67. The van der Waals surface area contributed by atoms with Crippen LogP contribution in [0.4, 0.5) is 21.9 Å². The van der Waals surface area contributed by atoms with Crippen LogP contribution in [0.2, 0.25) is 10.0 Å². The zero-order valence-corrected chi connectivity index (χ0v) is 20.2. The molecule has 2 amide bonds. The molecule has 1 aromatic heterocycles. The fourth-order valence-corrected chi connectivity index (χ4v) is 4.98. The van der Waals surface area contributed by atoms with Gasteiger partial charge < -0.3 is 15.1 Å². The van der Waals surface area contributed by atoms with Gasteiger partial charge in [0.2, 0.25) is 0 Å². The molecule has 3 aromatic rings.